The molecule has 27 heavy (non-hydrogen) atoms. The normalized spacial score (nSPS) is 16.6. The van der Waals surface area contributed by atoms with Gasteiger partial charge in [0.1, 0.15) is 11.5 Å². The molecule has 1 aromatic carbocycles. The highest BCUT2D eigenvalue weighted by atomic mass is 127. The molecule has 0 bridgehead atoms. The molecule has 1 unspecified atom stereocenters. The number of hydrogen-bond acceptors (Lipinski definition) is 5. The lowest BCUT2D eigenvalue weighted by Crippen LogP contribution is -2.39. The minimum atomic E-state index is 0. The minimum absolute atomic E-state index is 0. The Labute approximate surface area is 179 Å². The Kier molecular flexibility index (Phi) is 12.2. The van der Waals surface area contributed by atoms with Crippen molar-refractivity contribution in [2.75, 3.05) is 54.2 Å². The average molecular weight is 493 g/mol. The number of nitrogens with zero attached hydrogens (tertiary/aromatic N) is 1. The van der Waals surface area contributed by atoms with Crippen LogP contribution in [0.15, 0.2) is 23.2 Å². The molecule has 0 radical (unpaired) electrons. The first-order valence-electron chi connectivity index (χ1n) is 9.11. The minimum Gasteiger partial charge on any atom is -0.497 e. The van der Waals surface area contributed by atoms with Gasteiger partial charge in [0.2, 0.25) is 0 Å². The highest BCUT2D eigenvalue weighted by Gasteiger charge is 2.15. The SMILES string of the molecule is CN=C(NCCCOC1CCOC1)NCCc1cc(OC)ccc1OC.I. The van der Waals surface area contributed by atoms with Crippen LogP contribution in [0.3, 0.4) is 0 Å². The number of nitrogens with one attached hydrogen (secondary N) is 2. The third-order valence-corrected chi connectivity index (χ3v) is 4.25. The average Bonchev–Trinajstić information content (AvgIpc) is 3.19. The molecule has 1 aliphatic heterocycles. The monoisotopic (exact) mass is 493 g/mol. The number of aliphatic imine (C=N–C) groups is 1. The van der Waals surface area contributed by atoms with E-state index in [1.165, 1.54) is 0 Å². The maximum atomic E-state index is 5.75. The van der Waals surface area contributed by atoms with Crippen molar-refractivity contribution in [1.29, 1.82) is 0 Å². The number of methoxy groups -OCH3 is 2. The second kappa shape index (κ2) is 13.8. The number of ether oxygens (including phenoxy) is 4. The quantitative estimate of drug-likeness (QED) is 0.226. The molecule has 1 saturated heterocycles. The van der Waals surface area contributed by atoms with Crippen LogP contribution in [0, 0.1) is 0 Å². The van der Waals surface area contributed by atoms with Crippen molar-refractivity contribution in [3.05, 3.63) is 23.8 Å². The maximum absolute atomic E-state index is 5.75. The number of halogens is 1. The van der Waals surface area contributed by atoms with Gasteiger partial charge in [-0.25, -0.2) is 0 Å². The molecule has 8 heteroatoms. The highest BCUT2D eigenvalue weighted by Crippen LogP contribution is 2.24. The first-order chi connectivity index (χ1) is 12.8. The number of benzene rings is 1. The molecule has 0 aliphatic carbocycles. The van der Waals surface area contributed by atoms with Crippen molar-refractivity contribution < 1.29 is 18.9 Å². The van der Waals surface area contributed by atoms with E-state index in [0.29, 0.717) is 0 Å². The molecule has 1 atom stereocenters. The summed E-state index contributed by atoms with van der Waals surface area (Å²) < 4.78 is 21.7. The van der Waals surface area contributed by atoms with E-state index >= 15 is 0 Å². The Bertz CT molecular complexity index is 566. The summed E-state index contributed by atoms with van der Waals surface area (Å²) in [4.78, 5) is 4.25. The van der Waals surface area contributed by atoms with Crippen molar-refractivity contribution in [3.8, 4) is 11.5 Å². The molecule has 0 spiro atoms. The van der Waals surface area contributed by atoms with E-state index in [2.05, 4.69) is 15.6 Å². The molecule has 1 aliphatic rings. The zero-order chi connectivity index (χ0) is 18.6. The van der Waals surface area contributed by atoms with Gasteiger partial charge in [-0.15, -0.1) is 24.0 Å². The van der Waals surface area contributed by atoms with Gasteiger partial charge in [-0.2, -0.15) is 0 Å². The summed E-state index contributed by atoms with van der Waals surface area (Å²) in [6.45, 7) is 3.84. The lowest BCUT2D eigenvalue weighted by Gasteiger charge is -2.14. The van der Waals surface area contributed by atoms with Crippen LogP contribution >= 0.6 is 24.0 Å². The molecule has 1 heterocycles. The topological polar surface area (TPSA) is 73.3 Å². The van der Waals surface area contributed by atoms with Crippen molar-refractivity contribution in [3.63, 3.8) is 0 Å². The second-order valence-corrected chi connectivity index (χ2v) is 6.06. The van der Waals surface area contributed by atoms with Gasteiger partial charge in [-0.1, -0.05) is 0 Å². The molecule has 0 saturated carbocycles. The fourth-order valence-corrected chi connectivity index (χ4v) is 2.79. The molecular weight excluding hydrogens is 461 g/mol. The van der Waals surface area contributed by atoms with E-state index in [0.717, 1.165) is 75.2 Å². The second-order valence-electron chi connectivity index (χ2n) is 6.06. The molecular formula is C19H32IN3O4. The van der Waals surface area contributed by atoms with Gasteiger partial charge in [0.15, 0.2) is 5.96 Å². The Morgan fingerprint density at radius 1 is 1.22 bits per heavy atom. The van der Waals surface area contributed by atoms with E-state index in [1.54, 1.807) is 21.3 Å². The van der Waals surface area contributed by atoms with Crippen LogP contribution in [0.4, 0.5) is 0 Å². The summed E-state index contributed by atoms with van der Waals surface area (Å²) in [5.41, 5.74) is 1.10. The largest absolute Gasteiger partial charge is 0.497 e. The predicted octanol–water partition coefficient (Wildman–Crippen LogP) is 2.22. The molecule has 2 rings (SSSR count). The smallest absolute Gasteiger partial charge is 0.190 e. The van der Waals surface area contributed by atoms with Gasteiger partial charge in [-0.05, 0) is 43.0 Å². The fourth-order valence-electron chi connectivity index (χ4n) is 2.79. The van der Waals surface area contributed by atoms with Crippen molar-refractivity contribution in [2.24, 2.45) is 4.99 Å². The van der Waals surface area contributed by atoms with E-state index in [4.69, 9.17) is 18.9 Å². The first kappa shape index (κ1) is 23.8. The van der Waals surface area contributed by atoms with Crippen LogP contribution in [0.2, 0.25) is 0 Å². The predicted molar refractivity (Wildman–Crippen MR) is 118 cm³/mol. The van der Waals surface area contributed by atoms with Crippen LogP contribution in [-0.4, -0.2) is 66.2 Å². The summed E-state index contributed by atoms with van der Waals surface area (Å²) in [5.74, 6) is 2.48. The van der Waals surface area contributed by atoms with Gasteiger partial charge in [0.25, 0.3) is 0 Å². The first-order valence-corrected chi connectivity index (χ1v) is 9.11. The van der Waals surface area contributed by atoms with Gasteiger partial charge in [0.05, 0.1) is 26.9 Å². The Balaban J connectivity index is 0.00000364. The van der Waals surface area contributed by atoms with E-state index in [1.807, 2.05) is 18.2 Å². The summed E-state index contributed by atoms with van der Waals surface area (Å²) >= 11 is 0. The molecule has 2 N–H and O–H groups in total. The van der Waals surface area contributed by atoms with Crippen LogP contribution in [-0.2, 0) is 15.9 Å². The fraction of sp³-hybridized carbons (Fsp3) is 0.632. The zero-order valence-electron chi connectivity index (χ0n) is 16.5. The maximum Gasteiger partial charge on any atom is 0.190 e. The standard InChI is InChI=1S/C19H31N3O4.HI/c1-20-19(21-9-4-11-26-17-8-12-25-14-17)22-10-7-15-13-16(23-2)5-6-18(15)24-3;/h5-6,13,17H,4,7-12,14H2,1-3H3,(H2,20,21,22);1H. The number of hydrogen-bond donors (Lipinski definition) is 2. The summed E-state index contributed by atoms with van der Waals surface area (Å²) in [7, 11) is 5.12. The van der Waals surface area contributed by atoms with Crippen molar-refractivity contribution in [1.82, 2.24) is 10.6 Å². The van der Waals surface area contributed by atoms with Crippen LogP contribution in [0.5, 0.6) is 11.5 Å². The summed E-state index contributed by atoms with van der Waals surface area (Å²) in [6, 6.07) is 5.83. The summed E-state index contributed by atoms with van der Waals surface area (Å²) in [5, 5.41) is 6.62. The molecule has 0 aromatic heterocycles. The Hall–Kier alpha value is -1.26. The summed E-state index contributed by atoms with van der Waals surface area (Å²) in [6.07, 6.45) is 3.02. The lowest BCUT2D eigenvalue weighted by molar-refractivity contribution is 0.0420. The molecule has 154 valence electrons. The van der Waals surface area contributed by atoms with E-state index in [-0.39, 0.29) is 30.1 Å². The van der Waals surface area contributed by atoms with E-state index in [9.17, 15) is 0 Å². The molecule has 1 fully saturated rings. The molecule has 1 aromatic rings. The Morgan fingerprint density at radius 2 is 2.04 bits per heavy atom. The van der Waals surface area contributed by atoms with Crippen LogP contribution in [0.25, 0.3) is 0 Å². The van der Waals surface area contributed by atoms with Gasteiger partial charge < -0.3 is 29.6 Å². The third kappa shape index (κ3) is 8.52. The number of rotatable bonds is 10. The van der Waals surface area contributed by atoms with Crippen molar-refractivity contribution in [2.45, 2.75) is 25.4 Å². The molecule has 0 amide bonds. The lowest BCUT2D eigenvalue weighted by atomic mass is 10.1. The van der Waals surface area contributed by atoms with Gasteiger partial charge in [-0.3, -0.25) is 4.99 Å². The Morgan fingerprint density at radius 3 is 2.70 bits per heavy atom. The van der Waals surface area contributed by atoms with Crippen LogP contribution in [0.1, 0.15) is 18.4 Å². The zero-order valence-corrected chi connectivity index (χ0v) is 18.8. The van der Waals surface area contributed by atoms with Crippen LogP contribution < -0.4 is 20.1 Å². The third-order valence-electron chi connectivity index (χ3n) is 4.25. The van der Waals surface area contributed by atoms with Crippen molar-refractivity contribution >= 4 is 29.9 Å². The number of guanidine groups is 1. The highest BCUT2D eigenvalue weighted by molar-refractivity contribution is 14.0. The van der Waals surface area contributed by atoms with Gasteiger partial charge in [0, 0.05) is 33.4 Å². The molecule has 7 nitrogen and oxygen atoms in total. The van der Waals surface area contributed by atoms with E-state index < -0.39 is 0 Å². The van der Waals surface area contributed by atoms with Gasteiger partial charge >= 0.3 is 0 Å².